The van der Waals surface area contributed by atoms with Gasteiger partial charge in [-0.1, -0.05) is 73.7 Å². The molecule has 0 radical (unpaired) electrons. The summed E-state index contributed by atoms with van der Waals surface area (Å²) in [5.41, 5.74) is 8.87. The molecule has 4 amide bonds. The van der Waals surface area contributed by atoms with E-state index in [4.69, 9.17) is 0 Å². The van der Waals surface area contributed by atoms with Gasteiger partial charge < -0.3 is 19.8 Å². The first kappa shape index (κ1) is 39.2. The lowest BCUT2D eigenvalue weighted by molar-refractivity contribution is -0.136. The van der Waals surface area contributed by atoms with Crippen molar-refractivity contribution in [2.75, 3.05) is 75.2 Å². The smallest absolute Gasteiger partial charge is 0.423 e. The Balaban J connectivity index is 0.839. The zero-order valence-electron chi connectivity index (χ0n) is 32.8. The minimum atomic E-state index is -1.51. The monoisotopic (exact) mass is 780 g/mol. The number of nitrogens with zero attached hydrogens (tertiary/aromatic N) is 5. The van der Waals surface area contributed by atoms with Gasteiger partial charge in [0, 0.05) is 83.2 Å². The standard InChI is InChI=1S/C45H49BN6O6/c1-2-37(31-6-4-3-5-7-31)42(32-8-12-34(13-9-32)46(57)58)33-10-14-35(15-11-33)50-26-22-48(23-27-50)20-21-49-24-28-51(29-25-49)36-16-17-38-39(30-36)45(56)52(44(38)55)40-18-19-41(53)47-43(40)54/h3-17,30,40,57-58H,2,18-29H2,1H3,(H,47,53,54)/b42-37+. The number of anilines is 2. The van der Waals surface area contributed by atoms with Crippen LogP contribution < -0.4 is 20.6 Å². The van der Waals surface area contributed by atoms with Crippen molar-refractivity contribution in [3.63, 3.8) is 0 Å². The van der Waals surface area contributed by atoms with Crippen LogP contribution in [0.3, 0.4) is 0 Å². The molecule has 12 nitrogen and oxygen atoms in total. The zero-order valence-corrected chi connectivity index (χ0v) is 32.8. The second-order valence-corrected chi connectivity index (χ2v) is 15.5. The van der Waals surface area contributed by atoms with Gasteiger partial charge in [-0.05, 0) is 76.5 Å². The highest BCUT2D eigenvalue weighted by molar-refractivity contribution is 6.58. The van der Waals surface area contributed by atoms with Crippen molar-refractivity contribution in [2.24, 2.45) is 0 Å². The van der Waals surface area contributed by atoms with Crippen LogP contribution in [0.25, 0.3) is 11.1 Å². The topological polar surface area (TPSA) is 137 Å². The lowest BCUT2D eigenvalue weighted by Gasteiger charge is -2.39. The maximum Gasteiger partial charge on any atom is 0.488 e. The summed E-state index contributed by atoms with van der Waals surface area (Å²) in [6.07, 6.45) is 1.08. The number of piperazine rings is 2. The number of fused-ring (bicyclic) bond motifs is 1. The lowest BCUT2D eigenvalue weighted by Crippen LogP contribution is -2.54. The number of rotatable bonds is 11. The molecule has 4 aliphatic rings. The minimum absolute atomic E-state index is 0.0958. The number of hydrogen-bond donors (Lipinski definition) is 3. The van der Waals surface area contributed by atoms with Crippen molar-refractivity contribution in [2.45, 2.75) is 32.2 Å². The van der Waals surface area contributed by atoms with E-state index in [1.165, 1.54) is 16.8 Å². The largest absolute Gasteiger partial charge is 0.488 e. The Morgan fingerprint density at radius 1 is 0.655 bits per heavy atom. The number of benzene rings is 4. The third-order valence-electron chi connectivity index (χ3n) is 12.1. The van der Waals surface area contributed by atoms with Gasteiger partial charge in [0.25, 0.3) is 11.8 Å². The molecule has 0 saturated carbocycles. The van der Waals surface area contributed by atoms with Crippen LogP contribution in [-0.2, 0) is 9.59 Å². The van der Waals surface area contributed by atoms with Gasteiger partial charge in [0.1, 0.15) is 6.04 Å². The number of piperidine rings is 1. The van der Waals surface area contributed by atoms with Crippen LogP contribution in [0.1, 0.15) is 63.6 Å². The summed E-state index contributed by atoms with van der Waals surface area (Å²) in [7, 11) is -1.51. The molecule has 0 bridgehead atoms. The Morgan fingerprint density at radius 2 is 1.21 bits per heavy atom. The molecular weight excluding hydrogens is 731 g/mol. The highest BCUT2D eigenvalue weighted by Crippen LogP contribution is 2.35. The van der Waals surface area contributed by atoms with E-state index in [0.29, 0.717) is 16.6 Å². The fourth-order valence-corrected chi connectivity index (χ4v) is 8.74. The summed E-state index contributed by atoms with van der Waals surface area (Å²) in [6, 6.07) is 31.2. The second-order valence-electron chi connectivity index (χ2n) is 15.5. The van der Waals surface area contributed by atoms with Gasteiger partial charge in [0.15, 0.2) is 0 Å². The van der Waals surface area contributed by atoms with Gasteiger partial charge >= 0.3 is 7.12 Å². The van der Waals surface area contributed by atoms with E-state index in [1.807, 2.05) is 24.3 Å². The van der Waals surface area contributed by atoms with Crippen LogP contribution in [-0.4, -0.2) is 127 Å². The van der Waals surface area contributed by atoms with E-state index in [-0.39, 0.29) is 18.7 Å². The molecule has 3 fully saturated rings. The Bertz CT molecular complexity index is 2200. The van der Waals surface area contributed by atoms with Crippen molar-refractivity contribution in [1.82, 2.24) is 20.0 Å². The van der Waals surface area contributed by atoms with Gasteiger partial charge in [-0.3, -0.25) is 39.2 Å². The van der Waals surface area contributed by atoms with Crippen molar-refractivity contribution < 1.29 is 29.2 Å². The van der Waals surface area contributed by atoms with Crippen LogP contribution in [0.2, 0.25) is 0 Å². The molecule has 13 heteroatoms. The summed E-state index contributed by atoms with van der Waals surface area (Å²) < 4.78 is 0. The number of hydrogen-bond acceptors (Lipinski definition) is 10. The Morgan fingerprint density at radius 3 is 1.78 bits per heavy atom. The molecule has 3 saturated heterocycles. The van der Waals surface area contributed by atoms with Crippen LogP contribution in [0, 0.1) is 0 Å². The summed E-state index contributed by atoms with van der Waals surface area (Å²) in [4.78, 5) is 61.3. The summed E-state index contributed by atoms with van der Waals surface area (Å²) in [5, 5.41) is 21.6. The van der Waals surface area contributed by atoms with Crippen LogP contribution >= 0.6 is 0 Å². The van der Waals surface area contributed by atoms with Gasteiger partial charge in [-0.15, -0.1) is 0 Å². The molecule has 1 atom stereocenters. The van der Waals surface area contributed by atoms with Gasteiger partial charge in [-0.2, -0.15) is 0 Å². The van der Waals surface area contributed by atoms with Crippen molar-refractivity contribution in [3.8, 4) is 0 Å². The SMILES string of the molecule is CC/C(=C(/c1ccc(B(O)O)cc1)c1ccc(N2CCN(CCN3CCN(c4ccc5c(c4)C(=O)N(C4CCC(=O)NC4=O)C5=O)CC3)CC2)cc1)c1ccccc1. The van der Waals surface area contributed by atoms with Crippen LogP contribution in [0.5, 0.6) is 0 Å². The molecule has 0 aliphatic carbocycles. The predicted molar refractivity (Wildman–Crippen MR) is 226 cm³/mol. The molecule has 58 heavy (non-hydrogen) atoms. The fraction of sp³-hybridized carbons (Fsp3) is 0.333. The fourth-order valence-electron chi connectivity index (χ4n) is 8.74. The molecule has 4 heterocycles. The van der Waals surface area contributed by atoms with Gasteiger partial charge in [0.05, 0.1) is 11.1 Å². The highest BCUT2D eigenvalue weighted by atomic mass is 16.4. The number of amides is 4. The van der Waals surface area contributed by atoms with Crippen molar-refractivity contribution >= 4 is 58.7 Å². The summed E-state index contributed by atoms with van der Waals surface area (Å²) >= 11 is 0. The summed E-state index contributed by atoms with van der Waals surface area (Å²) in [5.74, 6) is -1.95. The molecule has 298 valence electrons. The number of nitrogens with one attached hydrogen (secondary N) is 1. The van der Waals surface area contributed by atoms with Gasteiger partial charge in [-0.25, -0.2) is 0 Å². The molecule has 0 spiro atoms. The van der Waals surface area contributed by atoms with E-state index in [0.717, 1.165) is 99.2 Å². The Labute approximate surface area is 339 Å². The van der Waals surface area contributed by atoms with E-state index in [9.17, 15) is 29.2 Å². The third-order valence-corrected chi connectivity index (χ3v) is 12.1. The molecule has 4 aromatic carbocycles. The Kier molecular flexibility index (Phi) is 11.6. The predicted octanol–water partition coefficient (Wildman–Crippen LogP) is 3.08. The van der Waals surface area contributed by atoms with E-state index < -0.39 is 30.9 Å². The lowest BCUT2D eigenvalue weighted by atomic mass is 9.79. The molecule has 1 unspecified atom stereocenters. The van der Waals surface area contributed by atoms with Gasteiger partial charge in [0.2, 0.25) is 11.8 Å². The average molecular weight is 781 g/mol. The molecule has 4 aliphatic heterocycles. The third kappa shape index (κ3) is 8.08. The number of allylic oxidation sites excluding steroid dienone is 1. The molecule has 8 rings (SSSR count). The van der Waals surface area contributed by atoms with Crippen molar-refractivity contribution in [3.05, 3.63) is 125 Å². The number of imide groups is 2. The first-order valence-electron chi connectivity index (χ1n) is 20.3. The first-order valence-corrected chi connectivity index (χ1v) is 20.3. The maximum atomic E-state index is 13.3. The van der Waals surface area contributed by atoms with Crippen molar-refractivity contribution in [1.29, 1.82) is 0 Å². The molecule has 0 aromatic heterocycles. The highest BCUT2D eigenvalue weighted by Gasteiger charge is 2.44. The average Bonchev–Trinajstić information content (AvgIpc) is 3.50. The molecular formula is C45H49BN6O6. The Hall–Kier alpha value is -5.60. The molecule has 3 N–H and O–H groups in total. The van der Waals surface area contributed by atoms with E-state index in [1.54, 1.807) is 24.3 Å². The summed E-state index contributed by atoms with van der Waals surface area (Å²) in [6.45, 7) is 11.4. The molecule has 4 aromatic rings. The quantitative estimate of drug-likeness (QED) is 0.118. The van der Waals surface area contributed by atoms with E-state index >= 15 is 0 Å². The minimum Gasteiger partial charge on any atom is -0.423 e. The van der Waals surface area contributed by atoms with Crippen LogP contribution in [0.4, 0.5) is 11.4 Å². The van der Waals surface area contributed by atoms with E-state index in [2.05, 4.69) is 80.4 Å². The number of carbonyl (C=O) groups is 4. The van der Waals surface area contributed by atoms with Crippen LogP contribution in [0.15, 0.2) is 97.1 Å². The first-order chi connectivity index (χ1) is 28.2. The second kappa shape index (κ2) is 17.1. The normalized spacial score (nSPS) is 19.6. The zero-order chi connectivity index (χ0) is 40.3. The number of carbonyl (C=O) groups excluding carboxylic acids is 4. The maximum absolute atomic E-state index is 13.3.